The van der Waals surface area contributed by atoms with Crippen LogP contribution in [0.2, 0.25) is 0 Å². The Morgan fingerprint density at radius 3 is 2.90 bits per heavy atom. The number of H-pyrrole nitrogens is 1. The second-order valence-corrected chi connectivity index (χ2v) is 7.66. The lowest BCUT2D eigenvalue weighted by atomic mass is 9.84. The summed E-state index contributed by atoms with van der Waals surface area (Å²) in [6.45, 7) is 6.67. The van der Waals surface area contributed by atoms with E-state index >= 15 is 0 Å². The average Bonchev–Trinajstić information content (AvgIpc) is 3.09. The molecule has 0 fully saturated rings. The summed E-state index contributed by atoms with van der Waals surface area (Å²) < 4.78 is 17.2. The second kappa shape index (κ2) is 8.44. The Balaban J connectivity index is 2.19. The van der Waals surface area contributed by atoms with E-state index in [9.17, 15) is 15.2 Å². The first kappa shape index (κ1) is 21.2. The number of nitrogens with one attached hydrogen (secondary N) is 1. The Bertz CT molecular complexity index is 958. The van der Waals surface area contributed by atoms with Crippen molar-refractivity contribution in [1.82, 2.24) is 4.98 Å². The zero-order valence-corrected chi connectivity index (χ0v) is 17.4. The standard InChI is InChI=1S/C22H28N2O5/c1-5-7-22(10-18(25)26)21-16(6-8-29-22)19-15(11-23)9-17(14(3)20(19)24-21)28-12-13(2)27-4/h9,13,24H,5-8,10,12H2,1-4H3,(H,25,26). The third-order valence-electron chi connectivity index (χ3n) is 5.67. The molecule has 0 bridgehead atoms. The molecule has 0 aliphatic carbocycles. The summed E-state index contributed by atoms with van der Waals surface area (Å²) in [5, 5.41) is 20.2. The first-order valence-corrected chi connectivity index (χ1v) is 9.97. The Hall–Kier alpha value is -2.56. The van der Waals surface area contributed by atoms with Crippen LogP contribution < -0.4 is 4.74 Å². The average molecular weight is 400 g/mol. The number of rotatable bonds is 8. The first-order chi connectivity index (χ1) is 13.9. The zero-order chi connectivity index (χ0) is 21.2. The monoisotopic (exact) mass is 400 g/mol. The summed E-state index contributed by atoms with van der Waals surface area (Å²) in [5.74, 6) is -0.281. The van der Waals surface area contributed by atoms with Crippen LogP contribution in [0.15, 0.2) is 6.07 Å². The number of aromatic amines is 1. The maximum Gasteiger partial charge on any atom is 0.306 e. The quantitative estimate of drug-likeness (QED) is 0.698. The lowest BCUT2D eigenvalue weighted by Crippen LogP contribution is -2.37. The SMILES string of the molecule is CCCC1(CC(=O)O)OCCc2c1[nH]c1c(C)c(OCC(C)OC)cc(C#N)c21. The number of nitriles is 1. The molecule has 156 valence electrons. The summed E-state index contributed by atoms with van der Waals surface area (Å²) in [4.78, 5) is 15.0. The normalized spacial score (nSPS) is 19.6. The van der Waals surface area contributed by atoms with E-state index in [1.54, 1.807) is 13.2 Å². The fourth-order valence-corrected chi connectivity index (χ4v) is 4.20. The number of carbonyl (C=O) groups is 1. The molecule has 7 heteroatoms. The molecule has 0 saturated carbocycles. The number of hydrogen-bond acceptors (Lipinski definition) is 5. The number of carboxylic acids is 1. The van der Waals surface area contributed by atoms with Gasteiger partial charge in [-0.25, -0.2) is 0 Å². The molecule has 0 saturated heterocycles. The van der Waals surface area contributed by atoms with E-state index in [1.807, 2.05) is 20.8 Å². The molecule has 2 unspecified atom stereocenters. The maximum absolute atomic E-state index is 11.6. The Morgan fingerprint density at radius 1 is 1.52 bits per heavy atom. The van der Waals surface area contributed by atoms with Crippen LogP contribution in [0, 0.1) is 18.3 Å². The van der Waals surface area contributed by atoms with Crippen molar-refractivity contribution in [2.45, 2.75) is 58.2 Å². The second-order valence-electron chi connectivity index (χ2n) is 7.66. The predicted octanol–water partition coefficient (Wildman–Crippen LogP) is 3.80. The molecule has 29 heavy (non-hydrogen) atoms. The van der Waals surface area contributed by atoms with Crippen molar-refractivity contribution in [2.24, 2.45) is 0 Å². The molecule has 7 nitrogen and oxygen atoms in total. The van der Waals surface area contributed by atoms with Gasteiger partial charge >= 0.3 is 5.97 Å². The zero-order valence-electron chi connectivity index (χ0n) is 17.4. The van der Waals surface area contributed by atoms with Crippen LogP contribution in [-0.2, 0) is 26.3 Å². The number of hydrogen-bond donors (Lipinski definition) is 2. The molecule has 2 N–H and O–H groups in total. The summed E-state index contributed by atoms with van der Waals surface area (Å²) in [5.41, 5.74) is 3.08. The van der Waals surface area contributed by atoms with Gasteiger partial charge in [-0.3, -0.25) is 4.79 Å². The molecule has 1 aliphatic heterocycles. The number of methoxy groups -OCH3 is 1. The largest absolute Gasteiger partial charge is 0.490 e. The first-order valence-electron chi connectivity index (χ1n) is 9.97. The van der Waals surface area contributed by atoms with E-state index in [0.29, 0.717) is 37.4 Å². The molecule has 2 atom stereocenters. The van der Waals surface area contributed by atoms with Crippen LogP contribution in [-0.4, -0.2) is 42.5 Å². The number of aromatic nitrogens is 1. The van der Waals surface area contributed by atoms with Crippen molar-refractivity contribution in [1.29, 1.82) is 5.26 Å². The number of carboxylic acid groups (broad SMARTS) is 1. The highest BCUT2D eigenvalue weighted by Gasteiger charge is 2.42. The molecule has 0 radical (unpaired) electrons. The van der Waals surface area contributed by atoms with E-state index in [1.165, 1.54) is 0 Å². The minimum absolute atomic E-state index is 0.0753. The van der Waals surface area contributed by atoms with E-state index < -0.39 is 11.6 Å². The minimum Gasteiger partial charge on any atom is -0.490 e. The van der Waals surface area contributed by atoms with Gasteiger partial charge in [0.25, 0.3) is 0 Å². The van der Waals surface area contributed by atoms with Crippen LogP contribution >= 0.6 is 0 Å². The van der Waals surface area contributed by atoms with Crippen molar-refractivity contribution in [3.8, 4) is 11.8 Å². The molecule has 3 rings (SSSR count). The smallest absolute Gasteiger partial charge is 0.306 e. The van der Waals surface area contributed by atoms with Crippen LogP contribution in [0.3, 0.4) is 0 Å². The van der Waals surface area contributed by atoms with Crippen LogP contribution in [0.25, 0.3) is 10.9 Å². The van der Waals surface area contributed by atoms with Crippen LogP contribution in [0.5, 0.6) is 5.75 Å². The van der Waals surface area contributed by atoms with Gasteiger partial charge in [0.2, 0.25) is 0 Å². The number of aliphatic carboxylic acids is 1. The third kappa shape index (κ3) is 3.83. The van der Waals surface area contributed by atoms with Crippen molar-refractivity contribution in [2.75, 3.05) is 20.3 Å². The third-order valence-corrected chi connectivity index (χ3v) is 5.67. The highest BCUT2D eigenvalue weighted by Crippen LogP contribution is 2.44. The Morgan fingerprint density at radius 2 is 2.28 bits per heavy atom. The van der Waals surface area contributed by atoms with Gasteiger partial charge in [-0.15, -0.1) is 0 Å². The molecule has 1 aromatic carbocycles. The molecule has 2 heterocycles. The van der Waals surface area contributed by atoms with Crippen molar-refractivity contribution in [3.63, 3.8) is 0 Å². The van der Waals surface area contributed by atoms with Crippen LogP contribution in [0.1, 0.15) is 55.5 Å². The summed E-state index contributed by atoms with van der Waals surface area (Å²) in [6, 6.07) is 4.05. The molecular formula is C22H28N2O5. The van der Waals surface area contributed by atoms with E-state index in [4.69, 9.17) is 14.2 Å². The number of nitrogens with zero attached hydrogens (tertiary/aromatic N) is 1. The molecule has 2 aromatic rings. The van der Waals surface area contributed by atoms with E-state index in [2.05, 4.69) is 11.1 Å². The molecule has 1 aliphatic rings. The molecule has 0 amide bonds. The van der Waals surface area contributed by atoms with E-state index in [0.717, 1.165) is 34.1 Å². The van der Waals surface area contributed by atoms with Gasteiger partial charge < -0.3 is 24.3 Å². The number of fused-ring (bicyclic) bond motifs is 3. The summed E-state index contributed by atoms with van der Waals surface area (Å²) in [7, 11) is 1.62. The highest BCUT2D eigenvalue weighted by atomic mass is 16.5. The molecule has 0 spiro atoms. The van der Waals surface area contributed by atoms with Crippen LogP contribution in [0.4, 0.5) is 0 Å². The number of benzene rings is 1. The molecule has 1 aromatic heterocycles. The Kier molecular flexibility index (Phi) is 6.15. The maximum atomic E-state index is 11.6. The number of ether oxygens (including phenoxy) is 3. The highest BCUT2D eigenvalue weighted by molar-refractivity contribution is 5.94. The van der Waals surface area contributed by atoms with E-state index in [-0.39, 0.29) is 12.5 Å². The summed E-state index contributed by atoms with van der Waals surface area (Å²) >= 11 is 0. The fourth-order valence-electron chi connectivity index (χ4n) is 4.20. The van der Waals surface area contributed by atoms with Gasteiger partial charge in [0.05, 0.1) is 42.0 Å². The lowest BCUT2D eigenvalue weighted by Gasteiger charge is -2.36. The Labute approximate surface area is 170 Å². The lowest BCUT2D eigenvalue weighted by molar-refractivity contribution is -0.149. The molecular weight excluding hydrogens is 372 g/mol. The van der Waals surface area contributed by atoms with Crippen molar-refractivity contribution < 1.29 is 24.1 Å². The van der Waals surface area contributed by atoms with Gasteiger partial charge in [0.15, 0.2) is 0 Å². The van der Waals surface area contributed by atoms with Gasteiger partial charge in [-0.2, -0.15) is 5.26 Å². The van der Waals surface area contributed by atoms with Gasteiger partial charge in [0, 0.05) is 18.1 Å². The topological polar surface area (TPSA) is 105 Å². The van der Waals surface area contributed by atoms with Gasteiger partial charge in [-0.05, 0) is 38.3 Å². The van der Waals surface area contributed by atoms with Gasteiger partial charge in [0.1, 0.15) is 18.0 Å². The fraction of sp³-hybridized carbons (Fsp3) is 0.545. The van der Waals surface area contributed by atoms with Crippen molar-refractivity contribution >= 4 is 16.9 Å². The number of aryl methyl sites for hydroxylation is 1. The summed E-state index contributed by atoms with van der Waals surface area (Å²) in [6.07, 6.45) is 1.82. The van der Waals surface area contributed by atoms with Gasteiger partial charge in [-0.1, -0.05) is 13.3 Å². The predicted molar refractivity (Wildman–Crippen MR) is 108 cm³/mol. The van der Waals surface area contributed by atoms with Crippen molar-refractivity contribution in [3.05, 3.63) is 28.5 Å². The minimum atomic E-state index is -0.905.